The quantitative estimate of drug-likeness (QED) is 0.612. The Bertz CT molecular complexity index is 130. The molecule has 64 valence electrons. The van der Waals surface area contributed by atoms with E-state index >= 15 is 0 Å². The third-order valence-electron chi connectivity index (χ3n) is 2.92. The van der Waals surface area contributed by atoms with Crippen molar-refractivity contribution in [2.24, 2.45) is 5.92 Å². The standard InChI is InChI=1S/C9H16O2/c10-6-8-9(11-8)7-4-2-1-3-5-7/h7-10H,1-6H2/t8-,9-/m0/s1. The Morgan fingerprint density at radius 2 is 1.91 bits per heavy atom. The number of hydrogen-bond acceptors (Lipinski definition) is 2. The van der Waals surface area contributed by atoms with Crippen LogP contribution in [-0.4, -0.2) is 23.9 Å². The van der Waals surface area contributed by atoms with Gasteiger partial charge in [0.05, 0.1) is 12.7 Å². The molecule has 1 saturated carbocycles. The van der Waals surface area contributed by atoms with Gasteiger partial charge >= 0.3 is 0 Å². The molecule has 0 unspecified atom stereocenters. The molecular formula is C9H16O2. The average Bonchev–Trinajstić information content (AvgIpc) is 2.85. The molecule has 0 radical (unpaired) electrons. The van der Waals surface area contributed by atoms with Crippen molar-refractivity contribution in [3.63, 3.8) is 0 Å². The first-order chi connectivity index (χ1) is 5.42. The van der Waals surface area contributed by atoms with Crippen LogP contribution in [0.5, 0.6) is 0 Å². The fourth-order valence-corrected chi connectivity index (χ4v) is 2.18. The summed E-state index contributed by atoms with van der Waals surface area (Å²) < 4.78 is 5.36. The number of aliphatic hydroxyl groups is 1. The average molecular weight is 156 g/mol. The van der Waals surface area contributed by atoms with Crippen molar-refractivity contribution in [3.05, 3.63) is 0 Å². The molecular weight excluding hydrogens is 140 g/mol. The van der Waals surface area contributed by atoms with E-state index in [9.17, 15) is 0 Å². The topological polar surface area (TPSA) is 32.8 Å². The Morgan fingerprint density at radius 3 is 2.45 bits per heavy atom. The van der Waals surface area contributed by atoms with Crippen molar-refractivity contribution < 1.29 is 9.84 Å². The van der Waals surface area contributed by atoms with Crippen LogP contribution in [0.25, 0.3) is 0 Å². The molecule has 2 fully saturated rings. The second-order valence-electron chi connectivity index (χ2n) is 3.72. The highest BCUT2D eigenvalue weighted by atomic mass is 16.6. The zero-order chi connectivity index (χ0) is 7.68. The van der Waals surface area contributed by atoms with E-state index in [1.54, 1.807) is 0 Å². The molecule has 0 aromatic rings. The van der Waals surface area contributed by atoms with Gasteiger partial charge in [-0.1, -0.05) is 19.3 Å². The molecule has 0 aromatic carbocycles. The van der Waals surface area contributed by atoms with Crippen LogP contribution in [0.2, 0.25) is 0 Å². The number of ether oxygens (including phenoxy) is 1. The third kappa shape index (κ3) is 1.57. The molecule has 1 aliphatic carbocycles. The highest BCUT2D eigenvalue weighted by Gasteiger charge is 2.43. The minimum Gasteiger partial charge on any atom is -0.394 e. The van der Waals surface area contributed by atoms with Gasteiger partial charge in [0.1, 0.15) is 6.10 Å². The minimum absolute atomic E-state index is 0.193. The van der Waals surface area contributed by atoms with Crippen molar-refractivity contribution in [3.8, 4) is 0 Å². The summed E-state index contributed by atoms with van der Waals surface area (Å²) in [4.78, 5) is 0. The van der Waals surface area contributed by atoms with E-state index in [0.29, 0.717) is 6.10 Å². The van der Waals surface area contributed by atoms with Gasteiger partial charge in [-0.15, -0.1) is 0 Å². The van der Waals surface area contributed by atoms with Crippen LogP contribution in [-0.2, 0) is 4.74 Å². The zero-order valence-corrected chi connectivity index (χ0v) is 6.83. The first kappa shape index (κ1) is 7.56. The van der Waals surface area contributed by atoms with Crippen molar-refractivity contribution in [2.45, 2.75) is 44.3 Å². The molecule has 2 nitrogen and oxygen atoms in total. The van der Waals surface area contributed by atoms with Gasteiger partial charge in [0.2, 0.25) is 0 Å². The molecule has 0 bridgehead atoms. The molecule has 0 spiro atoms. The minimum atomic E-state index is 0.193. The molecule has 2 aliphatic rings. The maximum absolute atomic E-state index is 8.78. The Hall–Kier alpha value is -0.0800. The summed E-state index contributed by atoms with van der Waals surface area (Å²) in [7, 11) is 0. The summed E-state index contributed by atoms with van der Waals surface area (Å²) in [5.74, 6) is 0.765. The smallest absolute Gasteiger partial charge is 0.107 e. The van der Waals surface area contributed by atoms with Crippen LogP contribution >= 0.6 is 0 Å². The number of epoxide rings is 1. The van der Waals surface area contributed by atoms with E-state index in [2.05, 4.69) is 0 Å². The van der Waals surface area contributed by atoms with Gasteiger partial charge in [0.15, 0.2) is 0 Å². The molecule has 1 aliphatic heterocycles. The van der Waals surface area contributed by atoms with Gasteiger partial charge in [-0.05, 0) is 18.8 Å². The van der Waals surface area contributed by atoms with Gasteiger partial charge < -0.3 is 9.84 Å². The fourth-order valence-electron chi connectivity index (χ4n) is 2.18. The van der Waals surface area contributed by atoms with Crippen LogP contribution < -0.4 is 0 Å². The fraction of sp³-hybridized carbons (Fsp3) is 1.00. The van der Waals surface area contributed by atoms with E-state index < -0.39 is 0 Å². The molecule has 0 amide bonds. The van der Waals surface area contributed by atoms with E-state index in [1.165, 1.54) is 32.1 Å². The van der Waals surface area contributed by atoms with E-state index in [1.807, 2.05) is 0 Å². The first-order valence-electron chi connectivity index (χ1n) is 4.68. The van der Waals surface area contributed by atoms with Crippen molar-refractivity contribution in [1.82, 2.24) is 0 Å². The molecule has 11 heavy (non-hydrogen) atoms. The van der Waals surface area contributed by atoms with E-state index in [0.717, 1.165) is 5.92 Å². The second kappa shape index (κ2) is 3.11. The van der Waals surface area contributed by atoms with Gasteiger partial charge in [0, 0.05) is 0 Å². The predicted octanol–water partition coefficient (Wildman–Crippen LogP) is 1.33. The van der Waals surface area contributed by atoms with Crippen LogP contribution in [0.3, 0.4) is 0 Å². The number of hydrogen-bond donors (Lipinski definition) is 1. The lowest BCUT2D eigenvalue weighted by Crippen LogP contribution is -2.15. The monoisotopic (exact) mass is 156 g/mol. The Morgan fingerprint density at radius 1 is 1.18 bits per heavy atom. The molecule has 2 rings (SSSR count). The molecule has 1 N–H and O–H groups in total. The highest BCUT2D eigenvalue weighted by Crippen LogP contribution is 2.37. The maximum atomic E-state index is 8.78. The summed E-state index contributed by atoms with van der Waals surface area (Å²) in [6.07, 6.45) is 7.37. The predicted molar refractivity (Wildman–Crippen MR) is 42.3 cm³/mol. The van der Waals surface area contributed by atoms with Crippen LogP contribution in [0.15, 0.2) is 0 Å². The van der Waals surface area contributed by atoms with E-state index in [-0.39, 0.29) is 12.7 Å². The van der Waals surface area contributed by atoms with Gasteiger partial charge in [0.25, 0.3) is 0 Å². The Balaban J connectivity index is 1.77. The van der Waals surface area contributed by atoms with Crippen molar-refractivity contribution in [2.75, 3.05) is 6.61 Å². The SMILES string of the molecule is OC[C@@H]1O[C@H]1C1CCCCC1. The van der Waals surface area contributed by atoms with Crippen molar-refractivity contribution >= 4 is 0 Å². The molecule has 1 saturated heterocycles. The van der Waals surface area contributed by atoms with Crippen molar-refractivity contribution in [1.29, 1.82) is 0 Å². The zero-order valence-electron chi connectivity index (χ0n) is 6.83. The number of aliphatic hydroxyl groups excluding tert-OH is 1. The maximum Gasteiger partial charge on any atom is 0.107 e. The lowest BCUT2D eigenvalue weighted by Gasteiger charge is -2.19. The molecule has 1 heterocycles. The van der Waals surface area contributed by atoms with Crippen LogP contribution in [0.1, 0.15) is 32.1 Å². The Labute approximate surface area is 67.6 Å². The summed E-state index contributed by atoms with van der Waals surface area (Å²) in [6.45, 7) is 0.223. The van der Waals surface area contributed by atoms with Crippen LogP contribution in [0.4, 0.5) is 0 Å². The lowest BCUT2D eigenvalue weighted by molar-refractivity contribution is 0.232. The van der Waals surface area contributed by atoms with Crippen LogP contribution in [0, 0.1) is 5.92 Å². The lowest BCUT2D eigenvalue weighted by atomic mass is 9.86. The first-order valence-corrected chi connectivity index (χ1v) is 4.68. The molecule has 2 heteroatoms. The van der Waals surface area contributed by atoms with E-state index in [4.69, 9.17) is 9.84 Å². The normalized spacial score (nSPS) is 39.0. The number of rotatable bonds is 2. The largest absolute Gasteiger partial charge is 0.394 e. The third-order valence-corrected chi connectivity index (χ3v) is 2.92. The molecule has 0 aromatic heterocycles. The highest BCUT2D eigenvalue weighted by molar-refractivity contribution is 4.90. The van der Waals surface area contributed by atoms with Gasteiger partial charge in [-0.25, -0.2) is 0 Å². The summed E-state index contributed by atoms with van der Waals surface area (Å²) >= 11 is 0. The van der Waals surface area contributed by atoms with Gasteiger partial charge in [-0.2, -0.15) is 0 Å². The summed E-state index contributed by atoms with van der Waals surface area (Å²) in [5, 5.41) is 8.78. The molecule has 2 atom stereocenters. The van der Waals surface area contributed by atoms with Gasteiger partial charge in [-0.3, -0.25) is 0 Å². The second-order valence-corrected chi connectivity index (χ2v) is 3.72. The summed E-state index contributed by atoms with van der Waals surface area (Å²) in [6, 6.07) is 0. The Kier molecular flexibility index (Phi) is 2.14. The summed E-state index contributed by atoms with van der Waals surface area (Å²) in [5.41, 5.74) is 0.